The van der Waals surface area contributed by atoms with E-state index in [1.807, 2.05) is 13.8 Å². The first-order chi connectivity index (χ1) is 10.5. The molecule has 1 aliphatic rings. The van der Waals surface area contributed by atoms with Crippen molar-refractivity contribution < 1.29 is 19.4 Å². The highest BCUT2D eigenvalue weighted by Gasteiger charge is 2.30. The average molecular weight is 309 g/mol. The lowest BCUT2D eigenvalue weighted by molar-refractivity contribution is -0.144. The number of aromatic nitrogens is 2. The molecule has 0 radical (unpaired) electrons. The van der Waals surface area contributed by atoms with E-state index in [0.29, 0.717) is 18.8 Å². The molecule has 1 unspecified atom stereocenters. The minimum Gasteiger partial charge on any atom is -0.481 e. The number of hydrogen-bond acceptors (Lipinski definition) is 4. The van der Waals surface area contributed by atoms with Gasteiger partial charge in [-0.05, 0) is 32.6 Å². The van der Waals surface area contributed by atoms with Crippen molar-refractivity contribution in [1.82, 2.24) is 15.1 Å². The molecule has 1 atom stereocenters. The minimum atomic E-state index is -0.870. The molecular formula is C15H23N3O4. The molecule has 0 aliphatic carbocycles. The number of ether oxygens (including phenoxy) is 1. The zero-order valence-electron chi connectivity index (χ0n) is 13.0. The highest BCUT2D eigenvalue weighted by molar-refractivity contribution is 5.93. The van der Waals surface area contributed by atoms with E-state index in [0.717, 1.165) is 12.8 Å². The van der Waals surface area contributed by atoms with Crippen LogP contribution in [0, 0.1) is 11.8 Å². The predicted octanol–water partition coefficient (Wildman–Crippen LogP) is 1.32. The fourth-order valence-corrected chi connectivity index (χ4v) is 2.62. The second kappa shape index (κ2) is 7.40. The Morgan fingerprint density at radius 3 is 2.68 bits per heavy atom. The molecule has 1 aliphatic heterocycles. The summed E-state index contributed by atoms with van der Waals surface area (Å²) >= 11 is 0. The van der Waals surface area contributed by atoms with Crippen molar-refractivity contribution in [3.63, 3.8) is 0 Å². The summed E-state index contributed by atoms with van der Waals surface area (Å²) in [6.07, 6.45) is 4.61. The third-order valence-electron chi connectivity index (χ3n) is 4.03. The van der Waals surface area contributed by atoms with E-state index in [9.17, 15) is 14.7 Å². The highest BCUT2D eigenvalue weighted by Crippen LogP contribution is 2.23. The Labute approximate surface area is 129 Å². The van der Waals surface area contributed by atoms with Gasteiger partial charge in [-0.1, -0.05) is 0 Å². The van der Waals surface area contributed by atoms with Gasteiger partial charge in [-0.3, -0.25) is 14.3 Å². The minimum absolute atomic E-state index is 0.0462. The highest BCUT2D eigenvalue weighted by atomic mass is 16.5. The van der Waals surface area contributed by atoms with Crippen molar-refractivity contribution in [2.24, 2.45) is 11.8 Å². The van der Waals surface area contributed by atoms with Crippen molar-refractivity contribution in [2.75, 3.05) is 19.8 Å². The van der Waals surface area contributed by atoms with Gasteiger partial charge in [-0.15, -0.1) is 0 Å². The van der Waals surface area contributed by atoms with Crippen LogP contribution in [0.3, 0.4) is 0 Å². The first-order valence-corrected chi connectivity index (χ1v) is 7.62. The molecule has 1 aromatic rings. The monoisotopic (exact) mass is 309 g/mol. The lowest BCUT2D eigenvalue weighted by Crippen LogP contribution is -2.38. The molecule has 7 nitrogen and oxygen atoms in total. The molecule has 0 spiro atoms. The van der Waals surface area contributed by atoms with Crippen LogP contribution in [0.2, 0.25) is 0 Å². The quantitative estimate of drug-likeness (QED) is 0.826. The standard InChI is InChI=1S/C15H23N3O4/c1-10(2)18-9-12(7-17-18)14(19)16-8-13(15(20)21)11-3-5-22-6-4-11/h7,9-11,13H,3-6,8H2,1-2H3,(H,16,19)(H,20,21). The fourth-order valence-electron chi connectivity index (χ4n) is 2.62. The van der Waals surface area contributed by atoms with Gasteiger partial charge in [-0.25, -0.2) is 0 Å². The maximum Gasteiger partial charge on any atom is 0.308 e. The normalized spacial score (nSPS) is 17.4. The van der Waals surface area contributed by atoms with Gasteiger partial charge in [0.05, 0.1) is 17.7 Å². The van der Waals surface area contributed by atoms with Crippen LogP contribution in [0.1, 0.15) is 43.1 Å². The summed E-state index contributed by atoms with van der Waals surface area (Å²) in [5.41, 5.74) is 0.449. The topological polar surface area (TPSA) is 93.5 Å². The number of carboxylic acids is 1. The van der Waals surface area contributed by atoms with Gasteiger partial charge in [0, 0.05) is 32.0 Å². The van der Waals surface area contributed by atoms with Crippen LogP contribution in [0.15, 0.2) is 12.4 Å². The van der Waals surface area contributed by atoms with E-state index >= 15 is 0 Å². The van der Waals surface area contributed by atoms with Crippen molar-refractivity contribution in [2.45, 2.75) is 32.7 Å². The molecule has 2 N–H and O–H groups in total. The Balaban J connectivity index is 1.93. The van der Waals surface area contributed by atoms with Crippen LogP contribution in [-0.4, -0.2) is 46.5 Å². The van der Waals surface area contributed by atoms with Crippen molar-refractivity contribution >= 4 is 11.9 Å². The number of nitrogens with zero attached hydrogens (tertiary/aromatic N) is 2. The van der Waals surface area contributed by atoms with Crippen LogP contribution in [-0.2, 0) is 9.53 Å². The Bertz CT molecular complexity index is 521. The van der Waals surface area contributed by atoms with E-state index in [-0.39, 0.29) is 24.4 Å². The summed E-state index contributed by atoms with van der Waals surface area (Å²) in [6, 6.07) is 0.176. The summed E-state index contributed by atoms with van der Waals surface area (Å²) in [5.74, 6) is -1.69. The van der Waals surface area contributed by atoms with Crippen LogP contribution < -0.4 is 5.32 Å². The maximum atomic E-state index is 12.1. The van der Waals surface area contributed by atoms with Crippen molar-refractivity contribution in [3.8, 4) is 0 Å². The molecule has 22 heavy (non-hydrogen) atoms. The third-order valence-corrected chi connectivity index (χ3v) is 4.03. The molecule has 1 amide bonds. The number of carbonyl (C=O) groups is 2. The van der Waals surface area contributed by atoms with Crippen LogP contribution in [0.5, 0.6) is 0 Å². The zero-order valence-corrected chi connectivity index (χ0v) is 13.0. The summed E-state index contributed by atoms with van der Waals surface area (Å²) < 4.78 is 6.95. The van der Waals surface area contributed by atoms with Crippen molar-refractivity contribution in [1.29, 1.82) is 0 Å². The second-order valence-electron chi connectivity index (χ2n) is 5.91. The third kappa shape index (κ3) is 4.07. The fraction of sp³-hybridized carbons (Fsp3) is 0.667. The van der Waals surface area contributed by atoms with Gasteiger partial charge >= 0.3 is 5.97 Å². The van der Waals surface area contributed by atoms with Gasteiger partial charge < -0.3 is 15.2 Å². The number of nitrogens with one attached hydrogen (secondary N) is 1. The Morgan fingerprint density at radius 2 is 2.14 bits per heavy atom. The summed E-state index contributed by atoms with van der Waals surface area (Å²) in [5, 5.41) is 16.2. The number of carbonyl (C=O) groups excluding carboxylic acids is 1. The van der Waals surface area contributed by atoms with Gasteiger partial charge in [0.25, 0.3) is 5.91 Å². The first-order valence-electron chi connectivity index (χ1n) is 7.62. The summed E-state index contributed by atoms with van der Waals surface area (Å²) in [4.78, 5) is 23.5. The van der Waals surface area contributed by atoms with Crippen LogP contribution in [0.25, 0.3) is 0 Å². The van der Waals surface area contributed by atoms with Crippen LogP contribution >= 0.6 is 0 Å². The van der Waals surface area contributed by atoms with Gasteiger partial charge in [0.1, 0.15) is 0 Å². The number of hydrogen-bond donors (Lipinski definition) is 2. The Morgan fingerprint density at radius 1 is 1.45 bits per heavy atom. The molecule has 0 aromatic carbocycles. The molecule has 0 bridgehead atoms. The zero-order chi connectivity index (χ0) is 16.1. The maximum absolute atomic E-state index is 12.1. The SMILES string of the molecule is CC(C)n1cc(C(=O)NCC(C(=O)O)C2CCOCC2)cn1. The Hall–Kier alpha value is -1.89. The van der Waals surface area contributed by atoms with Crippen molar-refractivity contribution in [3.05, 3.63) is 18.0 Å². The van der Waals surface area contributed by atoms with Crippen LogP contribution in [0.4, 0.5) is 0 Å². The Kier molecular flexibility index (Phi) is 5.54. The molecule has 1 saturated heterocycles. The first kappa shape index (κ1) is 16.5. The lowest BCUT2D eigenvalue weighted by atomic mass is 9.86. The average Bonchev–Trinajstić information content (AvgIpc) is 2.98. The van der Waals surface area contributed by atoms with Gasteiger partial charge in [0.15, 0.2) is 0 Å². The van der Waals surface area contributed by atoms with E-state index in [2.05, 4.69) is 10.4 Å². The van der Waals surface area contributed by atoms with E-state index in [1.165, 1.54) is 6.20 Å². The van der Waals surface area contributed by atoms with Gasteiger partial charge in [0.2, 0.25) is 0 Å². The lowest BCUT2D eigenvalue weighted by Gasteiger charge is -2.27. The summed E-state index contributed by atoms with van der Waals surface area (Å²) in [7, 11) is 0. The molecule has 122 valence electrons. The van der Waals surface area contributed by atoms with Gasteiger partial charge in [-0.2, -0.15) is 5.10 Å². The second-order valence-corrected chi connectivity index (χ2v) is 5.91. The van der Waals surface area contributed by atoms with E-state index in [1.54, 1.807) is 10.9 Å². The molecule has 1 fully saturated rings. The molecule has 7 heteroatoms. The number of rotatable bonds is 6. The molecule has 2 heterocycles. The molecular weight excluding hydrogens is 286 g/mol. The van der Waals surface area contributed by atoms with E-state index in [4.69, 9.17) is 4.74 Å². The van der Waals surface area contributed by atoms with E-state index < -0.39 is 11.9 Å². The molecule has 1 aromatic heterocycles. The number of aliphatic carboxylic acids is 1. The summed E-state index contributed by atoms with van der Waals surface area (Å²) in [6.45, 7) is 5.25. The molecule has 2 rings (SSSR count). The number of carboxylic acid groups (broad SMARTS) is 1. The molecule has 0 saturated carbocycles. The largest absolute Gasteiger partial charge is 0.481 e. The smallest absolute Gasteiger partial charge is 0.308 e. The number of amides is 1. The predicted molar refractivity (Wildman–Crippen MR) is 79.6 cm³/mol.